The Balaban J connectivity index is 2.55. The lowest BCUT2D eigenvalue weighted by atomic mass is 10.1. The van der Waals surface area contributed by atoms with Crippen LogP contribution in [0.5, 0.6) is 11.5 Å². The number of fused-ring (bicyclic) bond motifs is 1. The first-order valence-electron chi connectivity index (χ1n) is 3.82. The average molecular weight is 196 g/mol. The summed E-state index contributed by atoms with van der Waals surface area (Å²) in [6, 6.07) is 3.16. The minimum atomic E-state index is -0.132. The maximum atomic E-state index is 11.1. The molecule has 3 nitrogen and oxygen atoms in total. The minimum Gasteiger partial charge on any atom is -0.507 e. The molecule has 0 unspecified atom stereocenters. The number of phenolic OH excluding ortho intramolecular Hbond substituents is 1. The lowest BCUT2D eigenvalue weighted by Crippen LogP contribution is -1.93. The van der Waals surface area contributed by atoms with Crippen LogP contribution in [-0.2, 0) is 0 Å². The number of aromatic hydroxyl groups is 1. The van der Waals surface area contributed by atoms with E-state index in [0.29, 0.717) is 17.3 Å². The van der Waals surface area contributed by atoms with Crippen molar-refractivity contribution in [1.82, 2.24) is 0 Å². The van der Waals surface area contributed by atoms with E-state index >= 15 is 0 Å². The summed E-state index contributed by atoms with van der Waals surface area (Å²) < 4.78 is 5.21. The number of hydrogen-bond donors (Lipinski definition) is 1. The molecule has 0 aromatic heterocycles. The molecule has 0 aliphatic carbocycles. The topological polar surface area (TPSA) is 46.5 Å². The van der Waals surface area contributed by atoms with Crippen LogP contribution in [0.25, 0.3) is 0 Å². The van der Waals surface area contributed by atoms with Gasteiger partial charge in [-0.25, -0.2) is 0 Å². The molecule has 0 spiro atoms. The van der Waals surface area contributed by atoms with Gasteiger partial charge >= 0.3 is 0 Å². The summed E-state index contributed by atoms with van der Waals surface area (Å²) in [6.07, 6.45) is 0. The number of Topliss-reactive ketones (excluding diaryl/α,β-unsaturated/α-hetero) is 1. The number of benzene rings is 1. The van der Waals surface area contributed by atoms with Crippen molar-refractivity contribution in [3.63, 3.8) is 0 Å². The molecular formula is C9H8O3S. The van der Waals surface area contributed by atoms with Crippen molar-refractivity contribution in [3.8, 4) is 11.5 Å². The molecule has 0 radical (unpaired) electrons. The molecule has 0 bridgehead atoms. The molecule has 0 saturated heterocycles. The molecule has 1 heterocycles. The van der Waals surface area contributed by atoms with E-state index < -0.39 is 0 Å². The molecule has 1 aliphatic heterocycles. The molecule has 13 heavy (non-hydrogen) atoms. The number of carbonyl (C=O) groups is 1. The van der Waals surface area contributed by atoms with Gasteiger partial charge in [-0.2, -0.15) is 0 Å². The molecule has 0 atom stereocenters. The highest BCUT2D eigenvalue weighted by atomic mass is 32.2. The molecule has 0 amide bonds. The zero-order valence-corrected chi connectivity index (χ0v) is 7.85. The number of rotatable bonds is 1. The number of hydrogen-bond acceptors (Lipinski definition) is 4. The molecule has 0 saturated carbocycles. The van der Waals surface area contributed by atoms with E-state index in [2.05, 4.69) is 0 Å². The van der Waals surface area contributed by atoms with Gasteiger partial charge in [-0.1, -0.05) is 11.8 Å². The maximum absolute atomic E-state index is 11.1. The van der Waals surface area contributed by atoms with Crippen LogP contribution in [0.4, 0.5) is 0 Å². The Bertz CT molecular complexity index is 373. The molecule has 1 aliphatic rings. The zero-order chi connectivity index (χ0) is 9.42. The van der Waals surface area contributed by atoms with Gasteiger partial charge in [0.25, 0.3) is 0 Å². The van der Waals surface area contributed by atoms with E-state index in [-0.39, 0.29) is 11.5 Å². The number of carbonyl (C=O) groups excluding carboxylic acids is 1. The van der Waals surface area contributed by atoms with Crippen LogP contribution in [0.2, 0.25) is 0 Å². The predicted molar refractivity (Wildman–Crippen MR) is 49.5 cm³/mol. The molecule has 0 fully saturated rings. The Morgan fingerprint density at radius 3 is 3.08 bits per heavy atom. The molecule has 1 aromatic rings. The largest absolute Gasteiger partial charge is 0.507 e. The number of phenols is 1. The Hall–Kier alpha value is -1.16. The maximum Gasteiger partial charge on any atom is 0.163 e. The molecule has 2 rings (SSSR count). The van der Waals surface area contributed by atoms with Crippen LogP contribution >= 0.6 is 11.8 Å². The Morgan fingerprint density at radius 1 is 1.62 bits per heavy atom. The normalized spacial score (nSPS) is 13.6. The SMILES string of the molecule is CC(=O)c1cc2c(cc1O)OCS2. The van der Waals surface area contributed by atoms with Gasteiger partial charge in [0.2, 0.25) is 0 Å². The van der Waals surface area contributed by atoms with Crippen molar-refractivity contribution >= 4 is 17.5 Å². The van der Waals surface area contributed by atoms with Crippen LogP contribution in [-0.4, -0.2) is 16.8 Å². The predicted octanol–water partition coefficient (Wildman–Crippen LogP) is 2.04. The smallest absolute Gasteiger partial charge is 0.163 e. The van der Waals surface area contributed by atoms with Gasteiger partial charge in [0, 0.05) is 6.07 Å². The van der Waals surface area contributed by atoms with E-state index in [1.165, 1.54) is 24.8 Å². The highest BCUT2D eigenvalue weighted by Crippen LogP contribution is 2.40. The van der Waals surface area contributed by atoms with Gasteiger partial charge in [0.15, 0.2) is 5.78 Å². The molecule has 1 aromatic carbocycles. The van der Waals surface area contributed by atoms with Gasteiger partial charge in [0.05, 0.1) is 10.5 Å². The van der Waals surface area contributed by atoms with Crippen LogP contribution in [0.15, 0.2) is 17.0 Å². The first kappa shape index (κ1) is 8.44. The van der Waals surface area contributed by atoms with E-state index in [4.69, 9.17) is 4.74 Å². The number of ether oxygens (including phenoxy) is 1. The molecule has 1 N–H and O–H groups in total. The van der Waals surface area contributed by atoms with Gasteiger partial charge in [-0.3, -0.25) is 4.79 Å². The molecular weight excluding hydrogens is 188 g/mol. The van der Waals surface area contributed by atoms with Crippen molar-refractivity contribution in [1.29, 1.82) is 0 Å². The monoisotopic (exact) mass is 196 g/mol. The van der Waals surface area contributed by atoms with Gasteiger partial charge in [0.1, 0.15) is 17.4 Å². The zero-order valence-electron chi connectivity index (χ0n) is 7.03. The highest BCUT2D eigenvalue weighted by molar-refractivity contribution is 7.99. The fraction of sp³-hybridized carbons (Fsp3) is 0.222. The minimum absolute atomic E-state index is 0.00579. The molecule has 68 valence electrons. The third-order valence-electron chi connectivity index (χ3n) is 1.87. The summed E-state index contributed by atoms with van der Waals surface area (Å²) in [5, 5.41) is 9.43. The van der Waals surface area contributed by atoms with Crippen LogP contribution in [0.1, 0.15) is 17.3 Å². The third kappa shape index (κ3) is 1.37. The second-order valence-corrected chi connectivity index (χ2v) is 3.74. The van der Waals surface area contributed by atoms with Crippen molar-refractivity contribution < 1.29 is 14.6 Å². The Labute approximate surface area is 79.7 Å². The standard InChI is InChI=1S/C9H8O3S/c1-5(10)6-2-9-8(3-7(6)11)12-4-13-9/h2-3,11H,4H2,1H3. The van der Waals surface area contributed by atoms with Gasteiger partial charge < -0.3 is 9.84 Å². The fourth-order valence-electron chi connectivity index (χ4n) is 1.21. The van der Waals surface area contributed by atoms with E-state index in [9.17, 15) is 9.90 Å². The van der Waals surface area contributed by atoms with E-state index in [1.807, 2.05) is 0 Å². The second kappa shape index (κ2) is 2.96. The van der Waals surface area contributed by atoms with Crippen LogP contribution < -0.4 is 4.74 Å². The van der Waals surface area contributed by atoms with E-state index in [1.54, 1.807) is 6.07 Å². The summed E-state index contributed by atoms with van der Waals surface area (Å²) in [5.41, 5.74) is 0.358. The molecule has 4 heteroatoms. The van der Waals surface area contributed by atoms with E-state index in [0.717, 1.165) is 4.90 Å². The Kier molecular flexibility index (Phi) is 1.92. The van der Waals surface area contributed by atoms with Crippen LogP contribution in [0, 0.1) is 0 Å². The van der Waals surface area contributed by atoms with Crippen molar-refractivity contribution in [2.75, 3.05) is 5.94 Å². The van der Waals surface area contributed by atoms with Crippen molar-refractivity contribution in [2.24, 2.45) is 0 Å². The second-order valence-electron chi connectivity index (χ2n) is 2.78. The first-order chi connectivity index (χ1) is 6.18. The average Bonchev–Trinajstić information content (AvgIpc) is 2.48. The lowest BCUT2D eigenvalue weighted by molar-refractivity contribution is 0.101. The fourth-order valence-corrected chi connectivity index (χ4v) is 1.99. The Morgan fingerprint density at radius 2 is 2.38 bits per heavy atom. The summed E-state index contributed by atoms with van der Waals surface area (Å²) in [7, 11) is 0. The summed E-state index contributed by atoms with van der Waals surface area (Å²) in [5.74, 6) is 1.07. The van der Waals surface area contributed by atoms with Crippen molar-refractivity contribution in [3.05, 3.63) is 17.7 Å². The highest BCUT2D eigenvalue weighted by Gasteiger charge is 2.17. The summed E-state index contributed by atoms with van der Waals surface area (Å²) in [6.45, 7) is 1.43. The van der Waals surface area contributed by atoms with Crippen LogP contribution in [0.3, 0.4) is 0 Å². The lowest BCUT2D eigenvalue weighted by Gasteiger charge is -2.02. The third-order valence-corrected chi connectivity index (χ3v) is 2.74. The first-order valence-corrected chi connectivity index (χ1v) is 4.80. The number of ketones is 1. The number of thioether (sulfide) groups is 1. The van der Waals surface area contributed by atoms with Gasteiger partial charge in [-0.05, 0) is 13.0 Å². The van der Waals surface area contributed by atoms with Gasteiger partial charge in [-0.15, -0.1) is 0 Å². The summed E-state index contributed by atoms with van der Waals surface area (Å²) in [4.78, 5) is 12.0. The summed E-state index contributed by atoms with van der Waals surface area (Å²) >= 11 is 1.52. The quantitative estimate of drug-likeness (QED) is 0.698. The van der Waals surface area contributed by atoms with Crippen molar-refractivity contribution in [2.45, 2.75) is 11.8 Å².